The van der Waals surface area contributed by atoms with Crippen molar-refractivity contribution in [2.24, 2.45) is 0 Å². The van der Waals surface area contributed by atoms with Gasteiger partial charge in [0.25, 0.3) is 15.9 Å². The van der Waals surface area contributed by atoms with Crippen LogP contribution < -0.4 is 9.62 Å². The van der Waals surface area contributed by atoms with Crippen LogP contribution in [0.3, 0.4) is 0 Å². The minimum Gasteiger partial charge on any atom is -0.346 e. The SMILES string of the molecule is Cc1ccc(C)c([C@H](C)NC(=O)c2ccc(N(C)S(=O)(=O)c3cccs3)cc2)c1. The van der Waals surface area contributed by atoms with E-state index < -0.39 is 10.0 Å². The summed E-state index contributed by atoms with van der Waals surface area (Å²) in [5.74, 6) is -0.200. The van der Waals surface area contributed by atoms with E-state index in [4.69, 9.17) is 0 Å². The zero-order chi connectivity index (χ0) is 21.2. The first-order chi connectivity index (χ1) is 13.7. The molecular formula is C22H24N2O3S2. The molecule has 0 fully saturated rings. The van der Waals surface area contributed by atoms with Crippen molar-refractivity contribution in [3.63, 3.8) is 0 Å². The summed E-state index contributed by atoms with van der Waals surface area (Å²) in [6.07, 6.45) is 0. The highest BCUT2D eigenvalue weighted by molar-refractivity contribution is 7.94. The van der Waals surface area contributed by atoms with Gasteiger partial charge in [-0.1, -0.05) is 29.8 Å². The third-order valence-electron chi connectivity index (χ3n) is 4.85. The first kappa shape index (κ1) is 21.1. The molecule has 152 valence electrons. The van der Waals surface area contributed by atoms with E-state index in [2.05, 4.69) is 11.4 Å². The molecule has 0 aliphatic rings. The van der Waals surface area contributed by atoms with E-state index in [-0.39, 0.29) is 16.2 Å². The molecule has 1 amide bonds. The Morgan fingerprint density at radius 1 is 1.07 bits per heavy atom. The number of hydrogen-bond donors (Lipinski definition) is 1. The van der Waals surface area contributed by atoms with Crippen molar-refractivity contribution in [2.45, 2.75) is 31.0 Å². The number of anilines is 1. The van der Waals surface area contributed by atoms with E-state index in [9.17, 15) is 13.2 Å². The normalized spacial score (nSPS) is 12.4. The number of carbonyl (C=O) groups excluding carboxylic acids is 1. The first-order valence-electron chi connectivity index (χ1n) is 9.20. The van der Waals surface area contributed by atoms with E-state index in [1.165, 1.54) is 22.7 Å². The lowest BCUT2D eigenvalue weighted by molar-refractivity contribution is 0.0940. The van der Waals surface area contributed by atoms with Gasteiger partial charge in [0.2, 0.25) is 0 Å². The average Bonchev–Trinajstić information content (AvgIpc) is 3.25. The summed E-state index contributed by atoms with van der Waals surface area (Å²) >= 11 is 1.17. The van der Waals surface area contributed by atoms with Gasteiger partial charge in [-0.3, -0.25) is 9.10 Å². The lowest BCUT2D eigenvalue weighted by atomic mass is 9.99. The Balaban J connectivity index is 1.74. The number of aryl methyl sites for hydroxylation is 2. The Kier molecular flexibility index (Phi) is 6.10. The standard InChI is InChI=1S/C22H24N2O3S2/c1-15-7-8-16(2)20(14-15)17(3)23-22(25)18-9-11-19(12-10-18)24(4)29(26,27)21-6-5-13-28-21/h5-14,17H,1-4H3,(H,23,25)/t17-/m0/s1. The van der Waals surface area contributed by atoms with Gasteiger partial charge in [0.15, 0.2) is 0 Å². The van der Waals surface area contributed by atoms with E-state index in [0.29, 0.717) is 11.3 Å². The van der Waals surface area contributed by atoms with E-state index in [0.717, 1.165) is 16.7 Å². The third kappa shape index (κ3) is 4.52. The molecule has 1 N–H and O–H groups in total. The van der Waals surface area contributed by atoms with Crippen molar-refractivity contribution in [2.75, 3.05) is 11.4 Å². The third-order valence-corrected chi connectivity index (χ3v) is 8.01. The predicted molar refractivity (Wildman–Crippen MR) is 118 cm³/mol. The lowest BCUT2D eigenvalue weighted by Crippen LogP contribution is -2.28. The molecule has 1 aromatic heterocycles. The van der Waals surface area contributed by atoms with Crippen LogP contribution in [0.15, 0.2) is 64.2 Å². The van der Waals surface area contributed by atoms with E-state index in [1.807, 2.05) is 32.9 Å². The Morgan fingerprint density at radius 2 is 1.76 bits per heavy atom. The summed E-state index contributed by atoms with van der Waals surface area (Å²) in [4.78, 5) is 12.6. The summed E-state index contributed by atoms with van der Waals surface area (Å²) in [6.45, 7) is 6.00. The summed E-state index contributed by atoms with van der Waals surface area (Å²) in [5.41, 5.74) is 4.33. The molecule has 0 bridgehead atoms. The van der Waals surface area contributed by atoms with E-state index in [1.54, 1.807) is 41.8 Å². The summed E-state index contributed by atoms with van der Waals surface area (Å²) in [6, 6.07) is 15.9. The molecule has 29 heavy (non-hydrogen) atoms. The Morgan fingerprint density at radius 3 is 2.38 bits per heavy atom. The fraction of sp³-hybridized carbons (Fsp3) is 0.227. The van der Waals surface area contributed by atoms with Crippen LogP contribution >= 0.6 is 11.3 Å². The van der Waals surface area contributed by atoms with Gasteiger partial charge in [0, 0.05) is 12.6 Å². The van der Waals surface area contributed by atoms with Crippen LogP contribution in [0.2, 0.25) is 0 Å². The molecule has 0 saturated heterocycles. The number of sulfonamides is 1. The fourth-order valence-electron chi connectivity index (χ4n) is 3.09. The molecule has 3 aromatic rings. The molecule has 7 heteroatoms. The number of nitrogens with one attached hydrogen (secondary N) is 1. The molecule has 2 aromatic carbocycles. The van der Waals surface area contributed by atoms with Gasteiger partial charge >= 0.3 is 0 Å². The monoisotopic (exact) mass is 428 g/mol. The van der Waals surface area contributed by atoms with Gasteiger partial charge in [-0.25, -0.2) is 8.42 Å². The number of nitrogens with zero attached hydrogens (tertiary/aromatic N) is 1. The van der Waals surface area contributed by atoms with Crippen molar-refractivity contribution in [3.8, 4) is 0 Å². The van der Waals surface area contributed by atoms with Crippen LogP contribution in [-0.4, -0.2) is 21.4 Å². The van der Waals surface area contributed by atoms with Gasteiger partial charge in [-0.2, -0.15) is 0 Å². The summed E-state index contributed by atoms with van der Waals surface area (Å²) < 4.78 is 26.8. The molecular weight excluding hydrogens is 404 g/mol. The van der Waals surface area contributed by atoms with Crippen LogP contribution in [0.5, 0.6) is 0 Å². The highest BCUT2D eigenvalue weighted by Crippen LogP contribution is 2.25. The molecule has 0 aliphatic carbocycles. The van der Waals surface area contributed by atoms with Crippen molar-refractivity contribution in [3.05, 3.63) is 82.2 Å². The molecule has 0 spiro atoms. The lowest BCUT2D eigenvalue weighted by Gasteiger charge is -2.19. The summed E-state index contributed by atoms with van der Waals surface area (Å²) in [5, 5.41) is 4.74. The predicted octanol–water partition coefficient (Wildman–Crippen LogP) is 4.68. The van der Waals surface area contributed by atoms with Gasteiger partial charge < -0.3 is 5.32 Å². The molecule has 1 heterocycles. The number of carbonyl (C=O) groups is 1. The minimum absolute atomic E-state index is 0.135. The molecule has 0 saturated carbocycles. The summed E-state index contributed by atoms with van der Waals surface area (Å²) in [7, 11) is -2.09. The molecule has 0 unspecified atom stereocenters. The zero-order valence-corrected chi connectivity index (χ0v) is 18.5. The van der Waals surface area contributed by atoms with Gasteiger partial charge in [-0.15, -0.1) is 11.3 Å². The molecule has 3 rings (SSSR count). The number of benzene rings is 2. The molecule has 0 aliphatic heterocycles. The molecule has 1 atom stereocenters. The van der Waals surface area contributed by atoms with Crippen LogP contribution in [-0.2, 0) is 10.0 Å². The molecule has 5 nitrogen and oxygen atoms in total. The number of rotatable bonds is 6. The maximum absolute atomic E-state index is 12.6. The largest absolute Gasteiger partial charge is 0.346 e. The maximum atomic E-state index is 12.6. The Labute approximate surface area is 176 Å². The topological polar surface area (TPSA) is 66.5 Å². The van der Waals surface area contributed by atoms with Crippen LogP contribution in [0.4, 0.5) is 5.69 Å². The van der Waals surface area contributed by atoms with E-state index >= 15 is 0 Å². The Bertz CT molecular complexity index is 1110. The second-order valence-electron chi connectivity index (χ2n) is 7.01. The smallest absolute Gasteiger partial charge is 0.273 e. The first-order valence-corrected chi connectivity index (χ1v) is 11.5. The van der Waals surface area contributed by atoms with Crippen LogP contribution in [0.1, 0.15) is 40.0 Å². The van der Waals surface area contributed by atoms with Crippen molar-refractivity contribution in [1.82, 2.24) is 5.32 Å². The minimum atomic E-state index is -3.59. The Hall–Kier alpha value is -2.64. The van der Waals surface area contributed by atoms with Gasteiger partial charge in [0.1, 0.15) is 4.21 Å². The van der Waals surface area contributed by atoms with Crippen molar-refractivity contribution < 1.29 is 13.2 Å². The van der Waals surface area contributed by atoms with Gasteiger partial charge in [-0.05, 0) is 67.6 Å². The molecule has 0 radical (unpaired) electrons. The fourth-order valence-corrected chi connectivity index (χ4v) is 5.45. The van der Waals surface area contributed by atoms with Crippen molar-refractivity contribution in [1.29, 1.82) is 0 Å². The van der Waals surface area contributed by atoms with Crippen LogP contribution in [0, 0.1) is 13.8 Å². The zero-order valence-electron chi connectivity index (χ0n) is 16.8. The second kappa shape index (κ2) is 8.39. The number of thiophene rings is 1. The highest BCUT2D eigenvalue weighted by atomic mass is 32.2. The van der Waals surface area contributed by atoms with Crippen molar-refractivity contribution >= 4 is 33.0 Å². The van der Waals surface area contributed by atoms with Gasteiger partial charge in [0.05, 0.1) is 11.7 Å². The second-order valence-corrected chi connectivity index (χ2v) is 10.2. The van der Waals surface area contributed by atoms with Crippen LogP contribution in [0.25, 0.3) is 0 Å². The highest BCUT2D eigenvalue weighted by Gasteiger charge is 2.22. The maximum Gasteiger partial charge on any atom is 0.273 e. The number of hydrogen-bond acceptors (Lipinski definition) is 4. The average molecular weight is 429 g/mol. The quantitative estimate of drug-likeness (QED) is 0.620. The number of amides is 1.